The number of carbonyl (C=O) groups excluding carboxylic acids is 1. The minimum absolute atomic E-state index is 0.0530. The fourth-order valence-electron chi connectivity index (χ4n) is 1.86. The molecule has 0 saturated heterocycles. The first-order chi connectivity index (χ1) is 11.2. The van der Waals surface area contributed by atoms with Crippen LogP contribution in [0.15, 0.2) is 39.9 Å². The third kappa shape index (κ3) is 3.01. The number of nitrogens with zero attached hydrogens (tertiary/aromatic N) is 5. The molecule has 9 nitrogen and oxygen atoms in total. The number of hydrogen-bond acceptors (Lipinski definition) is 9. The van der Waals surface area contributed by atoms with E-state index in [0.29, 0.717) is 11.4 Å². The summed E-state index contributed by atoms with van der Waals surface area (Å²) in [6.45, 7) is 0. The van der Waals surface area contributed by atoms with Gasteiger partial charge in [0.15, 0.2) is 5.69 Å². The number of ether oxygens (including phenoxy) is 1. The first kappa shape index (κ1) is 15.0. The van der Waals surface area contributed by atoms with Crippen molar-refractivity contribution in [3.63, 3.8) is 0 Å². The molecule has 0 saturated carbocycles. The molecule has 23 heavy (non-hydrogen) atoms. The number of rotatable bonds is 5. The molecule has 1 aromatic carbocycles. The van der Waals surface area contributed by atoms with Gasteiger partial charge in [-0.3, -0.25) is 0 Å². The number of thioether (sulfide) groups is 1. The highest BCUT2D eigenvalue weighted by Crippen LogP contribution is 2.25. The van der Waals surface area contributed by atoms with Gasteiger partial charge in [-0.15, -0.1) is 16.9 Å². The standard InChI is InChI=1S/C13H12N6O3S/c1-21-13(20)10-9(7-23-8-5-3-2-4-6-8)19(18-15-10)12-11(14)16-22-17-12/h2-6H,7H2,1H3,(H2,14,16). The Kier molecular flexibility index (Phi) is 4.24. The molecule has 0 fully saturated rings. The zero-order chi connectivity index (χ0) is 16.2. The van der Waals surface area contributed by atoms with Crippen LogP contribution in [0.4, 0.5) is 5.82 Å². The lowest BCUT2D eigenvalue weighted by atomic mass is 10.3. The van der Waals surface area contributed by atoms with E-state index in [9.17, 15) is 4.79 Å². The van der Waals surface area contributed by atoms with Crippen molar-refractivity contribution >= 4 is 23.5 Å². The smallest absolute Gasteiger partial charge is 0.360 e. The lowest BCUT2D eigenvalue weighted by Crippen LogP contribution is -2.09. The van der Waals surface area contributed by atoms with Crippen LogP contribution in [0.5, 0.6) is 0 Å². The van der Waals surface area contributed by atoms with Gasteiger partial charge in [-0.25, -0.2) is 9.42 Å². The topological polar surface area (TPSA) is 122 Å². The van der Waals surface area contributed by atoms with Gasteiger partial charge in [-0.05, 0) is 22.4 Å². The Bertz CT molecular complexity index is 816. The molecule has 3 rings (SSSR count). The van der Waals surface area contributed by atoms with E-state index in [4.69, 9.17) is 10.5 Å². The zero-order valence-electron chi connectivity index (χ0n) is 12.0. The highest BCUT2D eigenvalue weighted by Gasteiger charge is 2.24. The first-order valence-corrected chi connectivity index (χ1v) is 7.48. The number of methoxy groups -OCH3 is 1. The lowest BCUT2D eigenvalue weighted by molar-refractivity contribution is 0.0593. The Labute approximate surface area is 134 Å². The van der Waals surface area contributed by atoms with Crippen LogP contribution in [-0.2, 0) is 10.5 Å². The number of aromatic nitrogens is 5. The molecule has 0 spiro atoms. The second-order valence-corrected chi connectivity index (χ2v) is 5.41. The Hall–Kier alpha value is -2.88. The van der Waals surface area contributed by atoms with Crippen molar-refractivity contribution in [1.29, 1.82) is 0 Å². The predicted octanol–water partition coefficient (Wildman–Crippen LogP) is 1.31. The van der Waals surface area contributed by atoms with Crippen molar-refractivity contribution in [1.82, 2.24) is 25.3 Å². The average molecular weight is 332 g/mol. The van der Waals surface area contributed by atoms with Crippen LogP contribution in [0, 0.1) is 0 Å². The molecule has 3 aromatic rings. The average Bonchev–Trinajstić information content (AvgIpc) is 3.18. The van der Waals surface area contributed by atoms with Crippen LogP contribution >= 0.6 is 11.8 Å². The van der Waals surface area contributed by atoms with Crippen LogP contribution < -0.4 is 5.73 Å². The summed E-state index contributed by atoms with van der Waals surface area (Å²) >= 11 is 1.51. The zero-order valence-corrected chi connectivity index (χ0v) is 12.9. The van der Waals surface area contributed by atoms with Crippen molar-refractivity contribution in [3.05, 3.63) is 41.7 Å². The third-order valence-corrected chi connectivity index (χ3v) is 3.98. The van der Waals surface area contributed by atoms with E-state index in [-0.39, 0.29) is 17.3 Å². The molecule has 0 bridgehead atoms. The van der Waals surface area contributed by atoms with E-state index in [1.54, 1.807) is 0 Å². The monoisotopic (exact) mass is 332 g/mol. The normalized spacial score (nSPS) is 10.7. The van der Waals surface area contributed by atoms with E-state index >= 15 is 0 Å². The molecule has 2 heterocycles. The third-order valence-electron chi connectivity index (χ3n) is 2.96. The number of benzene rings is 1. The number of esters is 1. The number of nitrogen functional groups attached to an aromatic ring is 1. The molecule has 0 aliphatic carbocycles. The summed E-state index contributed by atoms with van der Waals surface area (Å²) in [7, 11) is 1.28. The maximum atomic E-state index is 11.9. The molecule has 118 valence electrons. The van der Waals surface area contributed by atoms with E-state index in [0.717, 1.165) is 4.90 Å². The van der Waals surface area contributed by atoms with Crippen LogP contribution in [0.3, 0.4) is 0 Å². The van der Waals surface area contributed by atoms with Crippen molar-refractivity contribution in [2.24, 2.45) is 0 Å². The molecule has 0 aliphatic heterocycles. The Morgan fingerprint density at radius 1 is 1.35 bits per heavy atom. The SMILES string of the molecule is COC(=O)c1nnn(-c2nonc2N)c1CSc1ccccc1. The van der Waals surface area contributed by atoms with Gasteiger partial charge < -0.3 is 10.5 Å². The van der Waals surface area contributed by atoms with Gasteiger partial charge in [-0.2, -0.15) is 4.68 Å². The van der Waals surface area contributed by atoms with E-state index < -0.39 is 5.97 Å². The highest BCUT2D eigenvalue weighted by molar-refractivity contribution is 7.98. The minimum Gasteiger partial charge on any atom is -0.464 e. The molecule has 0 amide bonds. The summed E-state index contributed by atoms with van der Waals surface area (Å²) in [6, 6.07) is 9.71. The van der Waals surface area contributed by atoms with Crippen molar-refractivity contribution < 1.29 is 14.2 Å². The summed E-state index contributed by atoms with van der Waals surface area (Å²) in [5.74, 6) is 0.0526. The number of nitrogens with two attached hydrogens (primary N) is 1. The molecule has 10 heteroatoms. The van der Waals surface area contributed by atoms with E-state index in [2.05, 4.69) is 25.3 Å². The van der Waals surface area contributed by atoms with Crippen LogP contribution in [0.2, 0.25) is 0 Å². The van der Waals surface area contributed by atoms with Crippen LogP contribution in [-0.4, -0.2) is 38.4 Å². The summed E-state index contributed by atoms with van der Waals surface area (Å²) in [6.07, 6.45) is 0. The Balaban J connectivity index is 1.96. The van der Waals surface area contributed by atoms with E-state index in [1.165, 1.54) is 23.6 Å². The van der Waals surface area contributed by atoms with Gasteiger partial charge >= 0.3 is 5.97 Å². The van der Waals surface area contributed by atoms with E-state index in [1.807, 2.05) is 30.3 Å². The number of hydrogen-bond donors (Lipinski definition) is 1. The van der Waals surface area contributed by atoms with Gasteiger partial charge in [0.1, 0.15) is 0 Å². The molecule has 0 unspecified atom stereocenters. The second kappa shape index (κ2) is 6.48. The molecule has 2 N–H and O–H groups in total. The quantitative estimate of drug-likeness (QED) is 0.544. The maximum Gasteiger partial charge on any atom is 0.360 e. The Morgan fingerprint density at radius 2 is 2.13 bits per heavy atom. The molecular formula is C13H12N6O3S. The fourth-order valence-corrected chi connectivity index (χ4v) is 2.77. The van der Waals surface area contributed by atoms with Crippen molar-refractivity contribution in [2.75, 3.05) is 12.8 Å². The highest BCUT2D eigenvalue weighted by atomic mass is 32.2. The lowest BCUT2D eigenvalue weighted by Gasteiger charge is -2.05. The molecule has 0 aliphatic rings. The molecular weight excluding hydrogens is 320 g/mol. The van der Waals surface area contributed by atoms with Gasteiger partial charge in [0.2, 0.25) is 11.6 Å². The number of carbonyl (C=O) groups is 1. The molecule has 0 atom stereocenters. The molecule has 2 aromatic heterocycles. The predicted molar refractivity (Wildman–Crippen MR) is 81.0 cm³/mol. The fraction of sp³-hybridized carbons (Fsp3) is 0.154. The summed E-state index contributed by atoms with van der Waals surface area (Å²) in [4.78, 5) is 12.9. The summed E-state index contributed by atoms with van der Waals surface area (Å²) in [5.41, 5.74) is 6.28. The first-order valence-electron chi connectivity index (χ1n) is 6.50. The van der Waals surface area contributed by atoms with Gasteiger partial charge in [0.25, 0.3) is 0 Å². The largest absolute Gasteiger partial charge is 0.464 e. The maximum absolute atomic E-state index is 11.9. The summed E-state index contributed by atoms with van der Waals surface area (Å²) < 4.78 is 10.6. The van der Waals surface area contributed by atoms with Gasteiger partial charge in [0, 0.05) is 10.6 Å². The second-order valence-electron chi connectivity index (χ2n) is 4.36. The minimum atomic E-state index is -0.588. The van der Waals surface area contributed by atoms with Gasteiger partial charge in [-0.1, -0.05) is 23.4 Å². The van der Waals surface area contributed by atoms with Gasteiger partial charge in [0.05, 0.1) is 12.8 Å². The van der Waals surface area contributed by atoms with Crippen LogP contribution in [0.1, 0.15) is 16.2 Å². The van der Waals surface area contributed by atoms with Crippen molar-refractivity contribution in [3.8, 4) is 5.82 Å². The summed E-state index contributed by atoms with van der Waals surface area (Å²) in [5, 5.41) is 15.0. The van der Waals surface area contributed by atoms with Crippen molar-refractivity contribution in [2.45, 2.75) is 10.6 Å². The Morgan fingerprint density at radius 3 is 2.78 bits per heavy atom. The van der Waals surface area contributed by atoms with Crippen LogP contribution in [0.25, 0.3) is 5.82 Å². The molecule has 0 radical (unpaired) electrons. The number of anilines is 1.